The highest BCUT2D eigenvalue weighted by molar-refractivity contribution is 8.13. The minimum absolute atomic E-state index is 0.0684. The van der Waals surface area contributed by atoms with Gasteiger partial charge in [-0.15, -0.1) is 11.8 Å². The smallest absolute Gasteiger partial charge is 0.303 e. The Morgan fingerprint density at radius 1 is 0.914 bits per heavy atom. The first kappa shape index (κ1) is 31.6. The van der Waals surface area contributed by atoms with E-state index in [1.165, 1.54) is 58.1 Å². The molecule has 1 saturated heterocycles. The molecule has 10 nitrogen and oxygen atoms in total. The van der Waals surface area contributed by atoms with E-state index in [2.05, 4.69) is 5.32 Å². The summed E-state index contributed by atoms with van der Waals surface area (Å²) < 4.78 is 22.8. The van der Waals surface area contributed by atoms with Gasteiger partial charge in [-0.3, -0.25) is 24.0 Å². The Kier molecular flexibility index (Phi) is 14.1. The molecule has 0 radical (unpaired) electrons. The van der Waals surface area contributed by atoms with Crippen molar-refractivity contribution in [2.45, 2.75) is 76.9 Å². The molecule has 35 heavy (non-hydrogen) atoms. The second kappa shape index (κ2) is 15.6. The predicted molar refractivity (Wildman–Crippen MR) is 137 cm³/mol. The number of carbonyl (C=O) groups excluding carboxylic acids is 5. The highest BCUT2D eigenvalue weighted by Crippen LogP contribution is 2.34. The zero-order valence-electron chi connectivity index (χ0n) is 21.2. The molecule has 0 aromatic carbocycles. The number of rotatable bonds is 12. The zero-order valence-corrected chi connectivity index (χ0v) is 23.6. The Bertz CT molecular complexity index is 766. The number of carbonyl (C=O) groups is 5. The number of thioether (sulfide) groups is 2. The Hall–Kier alpha value is -1.44. The first-order valence-corrected chi connectivity index (χ1v) is 15.3. The van der Waals surface area contributed by atoms with Crippen LogP contribution in [0.3, 0.4) is 0 Å². The highest BCUT2D eigenvalue weighted by Gasteiger charge is 2.54. The van der Waals surface area contributed by atoms with Gasteiger partial charge in [0.05, 0.1) is 6.26 Å². The van der Waals surface area contributed by atoms with Gasteiger partial charge in [0.25, 0.3) is 0 Å². The number of hydrogen-bond acceptors (Lipinski definition) is 11. The van der Waals surface area contributed by atoms with E-state index in [1.54, 1.807) is 6.26 Å². The first-order valence-electron chi connectivity index (χ1n) is 11.0. The van der Waals surface area contributed by atoms with E-state index >= 15 is 0 Å². The molecule has 1 heterocycles. The molecule has 0 saturated carbocycles. The zero-order chi connectivity index (χ0) is 26.7. The molecule has 0 aliphatic carbocycles. The average Bonchev–Trinajstić information content (AvgIpc) is 2.71. The lowest BCUT2D eigenvalue weighted by molar-refractivity contribution is -0.234. The molecule has 1 unspecified atom stereocenters. The van der Waals surface area contributed by atoms with Gasteiger partial charge in [-0.2, -0.15) is 0 Å². The molecular weight excluding hydrogens is 518 g/mol. The fraction of sp³-hybridized carbons (Fsp3) is 0.773. The van der Waals surface area contributed by atoms with Crippen LogP contribution in [0.5, 0.6) is 0 Å². The van der Waals surface area contributed by atoms with Gasteiger partial charge in [0.1, 0.15) is 29.1 Å². The molecule has 1 N–H and O–H groups in total. The van der Waals surface area contributed by atoms with Crippen LogP contribution in [0.25, 0.3) is 0 Å². The van der Waals surface area contributed by atoms with Gasteiger partial charge in [-0.25, -0.2) is 0 Å². The maximum Gasteiger partial charge on any atom is 0.303 e. The maximum atomic E-state index is 12.1. The summed E-state index contributed by atoms with van der Waals surface area (Å²) in [6.45, 7) is 6.56. The Morgan fingerprint density at radius 3 is 1.94 bits per heavy atom. The summed E-state index contributed by atoms with van der Waals surface area (Å²) in [5, 5.41) is 2.97. The quantitative estimate of drug-likeness (QED) is 0.162. The Labute approximate surface area is 218 Å². The van der Waals surface area contributed by atoms with Crippen LogP contribution in [0.2, 0.25) is 0 Å². The lowest BCUT2D eigenvalue weighted by atomic mass is 9.94. The topological polar surface area (TPSA) is 134 Å². The molecule has 1 amide bonds. The van der Waals surface area contributed by atoms with Crippen molar-refractivity contribution in [1.82, 2.24) is 5.32 Å². The van der Waals surface area contributed by atoms with Crippen LogP contribution < -0.4 is 5.32 Å². The van der Waals surface area contributed by atoms with Crippen molar-refractivity contribution in [3.05, 3.63) is 0 Å². The maximum absolute atomic E-state index is 12.1. The van der Waals surface area contributed by atoms with E-state index in [9.17, 15) is 24.0 Å². The number of nitrogens with one attached hydrogen (secondary N) is 1. The van der Waals surface area contributed by atoms with E-state index < -0.39 is 53.8 Å². The van der Waals surface area contributed by atoms with Crippen molar-refractivity contribution < 1.29 is 42.9 Å². The van der Waals surface area contributed by atoms with E-state index in [1.807, 2.05) is 6.26 Å². The number of ether oxygens (including phenoxy) is 4. The van der Waals surface area contributed by atoms with E-state index in [0.717, 1.165) is 12.2 Å². The summed E-state index contributed by atoms with van der Waals surface area (Å²) in [5.74, 6) is -0.124. The summed E-state index contributed by atoms with van der Waals surface area (Å²) in [7, 11) is -0.173. The molecule has 0 bridgehead atoms. The fourth-order valence-electron chi connectivity index (χ4n) is 3.71. The van der Waals surface area contributed by atoms with E-state index in [0.29, 0.717) is 11.5 Å². The van der Waals surface area contributed by atoms with E-state index in [4.69, 9.17) is 18.9 Å². The molecule has 0 aromatic heterocycles. The van der Waals surface area contributed by atoms with Crippen LogP contribution in [0.4, 0.5) is 0 Å². The summed E-state index contributed by atoms with van der Waals surface area (Å²) >= 11 is 2.52. The van der Waals surface area contributed by atoms with Gasteiger partial charge in [-0.05, 0) is 17.2 Å². The third kappa shape index (κ3) is 11.4. The third-order valence-corrected chi connectivity index (χ3v) is 8.52. The fourth-order valence-corrected chi connectivity index (χ4v) is 6.88. The van der Waals surface area contributed by atoms with Crippen molar-refractivity contribution in [2.24, 2.45) is 0 Å². The molecule has 0 aromatic rings. The van der Waals surface area contributed by atoms with Crippen LogP contribution in [-0.2, 0) is 53.8 Å². The van der Waals surface area contributed by atoms with Crippen molar-refractivity contribution in [2.75, 3.05) is 29.8 Å². The van der Waals surface area contributed by atoms with Gasteiger partial charge >= 0.3 is 17.9 Å². The number of hydrogen-bond donors (Lipinski definition) is 1. The van der Waals surface area contributed by atoms with Crippen LogP contribution in [0.15, 0.2) is 0 Å². The second-order valence-electron chi connectivity index (χ2n) is 8.08. The average molecular weight is 555 g/mol. The Balaban J connectivity index is 3.28. The van der Waals surface area contributed by atoms with Crippen LogP contribution in [-0.4, -0.2) is 94.6 Å². The minimum atomic E-state index is -1.13. The number of amides is 1. The van der Waals surface area contributed by atoms with E-state index in [-0.39, 0.29) is 21.9 Å². The van der Waals surface area contributed by atoms with Crippen molar-refractivity contribution in [3.8, 4) is 0 Å². The number of esters is 3. The van der Waals surface area contributed by atoms with Crippen molar-refractivity contribution in [1.29, 1.82) is 0 Å². The summed E-state index contributed by atoms with van der Waals surface area (Å²) in [6, 6.07) is -0.573. The monoisotopic (exact) mass is 554 g/mol. The third-order valence-electron chi connectivity index (χ3n) is 4.86. The van der Waals surface area contributed by atoms with Gasteiger partial charge in [0.15, 0.2) is 23.4 Å². The molecule has 1 rings (SSSR count). The molecule has 1 aliphatic heterocycles. The Morgan fingerprint density at radius 2 is 1.46 bits per heavy atom. The second-order valence-corrected chi connectivity index (χ2v) is 12.6. The lowest BCUT2D eigenvalue weighted by Crippen LogP contribution is -2.66. The van der Waals surface area contributed by atoms with Crippen molar-refractivity contribution in [3.63, 3.8) is 0 Å². The standard InChI is InChI=1S/C22H35NO9S3/c1-12(24)23-17(11-35(7)10-8-9-34-16(5)28)18-19(29-13(2)25)20(30-14(3)26)21(31-15(4)27)22(32-18)33-6/h17-22H,8-11H2,1-7H3/p+1/t17-,18+,19-,20-,21+,22+,35?/m0/s1. The summed E-state index contributed by atoms with van der Waals surface area (Å²) in [5.41, 5.74) is -0.734. The molecular formula is C22H36NO9S3+. The van der Waals surface area contributed by atoms with Gasteiger partial charge in [0, 0.05) is 46.8 Å². The molecule has 13 heteroatoms. The first-order chi connectivity index (χ1) is 16.3. The summed E-state index contributed by atoms with van der Waals surface area (Å²) in [6.07, 6.45) is 0.498. The molecule has 7 atom stereocenters. The molecule has 200 valence electrons. The largest absolute Gasteiger partial charge is 0.456 e. The van der Waals surface area contributed by atoms with Gasteiger partial charge in [-0.1, -0.05) is 11.8 Å². The molecule has 0 spiro atoms. The van der Waals surface area contributed by atoms with Crippen LogP contribution >= 0.6 is 23.5 Å². The normalized spacial score (nSPS) is 25.6. The van der Waals surface area contributed by atoms with Gasteiger partial charge in [0.2, 0.25) is 5.91 Å². The van der Waals surface area contributed by atoms with Crippen molar-refractivity contribution >= 4 is 63.3 Å². The molecule has 1 fully saturated rings. The van der Waals surface area contributed by atoms with Crippen LogP contribution in [0.1, 0.15) is 41.0 Å². The predicted octanol–water partition coefficient (Wildman–Crippen LogP) is 1.29. The lowest BCUT2D eigenvalue weighted by Gasteiger charge is -2.46. The van der Waals surface area contributed by atoms with Gasteiger partial charge < -0.3 is 24.3 Å². The minimum Gasteiger partial charge on any atom is -0.456 e. The van der Waals surface area contributed by atoms with Crippen LogP contribution in [0, 0.1) is 0 Å². The highest BCUT2D eigenvalue weighted by atomic mass is 32.2. The summed E-state index contributed by atoms with van der Waals surface area (Å²) in [4.78, 5) is 59.0. The molecule has 1 aliphatic rings. The SMILES string of the molecule is CS[C@H]1O[C@H]([C@H](C[S+](C)CCCSC(C)=O)NC(C)=O)[C@H](OC(C)=O)[C@H](OC(C)=O)[C@H]1OC(C)=O.